The van der Waals surface area contributed by atoms with Gasteiger partial charge in [0.1, 0.15) is 11.8 Å². The van der Waals surface area contributed by atoms with E-state index in [2.05, 4.69) is 24.2 Å². The molecule has 28 heavy (non-hydrogen) atoms. The first-order valence-corrected chi connectivity index (χ1v) is 10.3. The monoisotopic (exact) mass is 410 g/mol. The third-order valence-electron chi connectivity index (χ3n) is 4.60. The fraction of sp³-hybridized carbons (Fsp3) is 0.182. The van der Waals surface area contributed by atoms with Gasteiger partial charge in [-0.1, -0.05) is 41.4 Å². The molecule has 1 aromatic heterocycles. The zero-order valence-electron chi connectivity index (χ0n) is 15.3. The van der Waals surface area contributed by atoms with Crippen LogP contribution in [0, 0.1) is 6.92 Å². The second-order valence-corrected chi connectivity index (χ2v) is 8.11. The summed E-state index contributed by atoms with van der Waals surface area (Å²) in [6.07, 6.45) is 2.26. The van der Waals surface area contributed by atoms with Crippen molar-refractivity contribution in [2.75, 3.05) is 5.75 Å². The second-order valence-electron chi connectivity index (χ2n) is 6.63. The lowest BCUT2D eigenvalue weighted by Gasteiger charge is -2.19. The molecule has 1 atom stereocenters. The van der Waals surface area contributed by atoms with Gasteiger partial charge < -0.3 is 4.42 Å². The van der Waals surface area contributed by atoms with Crippen LogP contribution in [0.5, 0.6) is 0 Å². The minimum absolute atomic E-state index is 0.0524. The van der Waals surface area contributed by atoms with Crippen LogP contribution in [0.25, 0.3) is 0 Å². The highest BCUT2D eigenvalue weighted by Gasteiger charge is 2.34. The molecule has 0 bridgehead atoms. The summed E-state index contributed by atoms with van der Waals surface area (Å²) < 4.78 is 5.59. The number of halogens is 1. The smallest absolute Gasteiger partial charge is 0.253 e. The molecule has 4 nitrogen and oxygen atoms in total. The van der Waals surface area contributed by atoms with Crippen LogP contribution in [0.3, 0.4) is 0 Å². The standard InChI is InChI=1S/C22H19ClN2O2S/c1-15-4-6-16(7-5-15)19-13-20(21-3-2-12-27-21)25(24-19)22(26)14-28-18-10-8-17(23)9-11-18/h2-12,20H,13-14H2,1H3/t20-/m1/s1. The molecule has 4 rings (SSSR count). The van der Waals surface area contributed by atoms with Crippen molar-refractivity contribution in [2.45, 2.75) is 24.3 Å². The van der Waals surface area contributed by atoms with Gasteiger partial charge in [-0.3, -0.25) is 4.79 Å². The molecule has 0 saturated carbocycles. The van der Waals surface area contributed by atoms with Crippen LogP contribution < -0.4 is 0 Å². The molecule has 2 aromatic carbocycles. The molecule has 0 aliphatic carbocycles. The van der Waals surface area contributed by atoms with Crippen molar-refractivity contribution in [3.8, 4) is 0 Å². The summed E-state index contributed by atoms with van der Waals surface area (Å²) in [4.78, 5) is 13.9. The number of hydrogen-bond acceptors (Lipinski definition) is 4. The maximum atomic E-state index is 13.0. The normalized spacial score (nSPS) is 16.3. The lowest BCUT2D eigenvalue weighted by atomic mass is 10.0. The van der Waals surface area contributed by atoms with Gasteiger partial charge in [0, 0.05) is 16.3 Å². The quantitative estimate of drug-likeness (QED) is 0.506. The number of carbonyl (C=O) groups excluding carboxylic acids is 1. The highest BCUT2D eigenvalue weighted by Crippen LogP contribution is 2.34. The number of amides is 1. The molecule has 2 heterocycles. The van der Waals surface area contributed by atoms with E-state index in [4.69, 9.17) is 16.0 Å². The topological polar surface area (TPSA) is 45.8 Å². The van der Waals surface area contributed by atoms with Crippen molar-refractivity contribution in [1.29, 1.82) is 0 Å². The average Bonchev–Trinajstić information content (AvgIpc) is 3.37. The molecule has 0 unspecified atom stereocenters. The number of carbonyl (C=O) groups is 1. The van der Waals surface area contributed by atoms with Crippen molar-refractivity contribution in [3.05, 3.63) is 88.8 Å². The van der Waals surface area contributed by atoms with E-state index in [-0.39, 0.29) is 11.9 Å². The minimum atomic E-state index is -0.218. The van der Waals surface area contributed by atoms with E-state index in [1.807, 2.05) is 48.5 Å². The van der Waals surface area contributed by atoms with Crippen molar-refractivity contribution >= 4 is 35.0 Å². The van der Waals surface area contributed by atoms with Crippen molar-refractivity contribution in [2.24, 2.45) is 5.10 Å². The van der Waals surface area contributed by atoms with Crippen molar-refractivity contribution in [3.63, 3.8) is 0 Å². The highest BCUT2D eigenvalue weighted by atomic mass is 35.5. The van der Waals surface area contributed by atoms with E-state index in [9.17, 15) is 4.79 Å². The van der Waals surface area contributed by atoms with Gasteiger partial charge in [0.25, 0.3) is 5.91 Å². The number of rotatable bonds is 5. The lowest BCUT2D eigenvalue weighted by Crippen LogP contribution is -2.28. The Hall–Kier alpha value is -2.50. The van der Waals surface area contributed by atoms with E-state index in [1.54, 1.807) is 11.3 Å². The van der Waals surface area contributed by atoms with Crippen LogP contribution in [0.2, 0.25) is 5.02 Å². The molecule has 0 radical (unpaired) electrons. The molecule has 6 heteroatoms. The summed E-state index contributed by atoms with van der Waals surface area (Å²) in [5.41, 5.74) is 3.12. The first-order chi connectivity index (χ1) is 13.6. The number of nitrogens with zero attached hydrogens (tertiary/aromatic N) is 2. The first-order valence-electron chi connectivity index (χ1n) is 8.98. The zero-order chi connectivity index (χ0) is 19.5. The Balaban J connectivity index is 1.54. The Kier molecular flexibility index (Phi) is 5.55. The molecule has 1 aliphatic heterocycles. The van der Waals surface area contributed by atoms with Crippen LogP contribution in [0.1, 0.15) is 29.3 Å². The maximum Gasteiger partial charge on any atom is 0.253 e. The van der Waals surface area contributed by atoms with E-state index in [0.717, 1.165) is 21.9 Å². The van der Waals surface area contributed by atoms with Gasteiger partial charge in [0.05, 0.1) is 17.7 Å². The molecule has 142 valence electrons. The molecule has 1 amide bonds. The largest absolute Gasteiger partial charge is 0.467 e. The summed E-state index contributed by atoms with van der Waals surface area (Å²) in [6, 6.07) is 19.2. The molecule has 1 aliphatic rings. The van der Waals surface area contributed by atoms with E-state index in [1.165, 1.54) is 17.3 Å². The number of thioether (sulfide) groups is 1. The van der Waals surface area contributed by atoms with Crippen LogP contribution in [0.15, 0.2) is 81.3 Å². The average molecular weight is 411 g/mol. The van der Waals surface area contributed by atoms with Crippen molar-refractivity contribution < 1.29 is 9.21 Å². The molecule has 3 aromatic rings. The third-order valence-corrected chi connectivity index (χ3v) is 5.85. The van der Waals surface area contributed by atoms with Crippen LogP contribution >= 0.6 is 23.4 Å². The molecule has 0 fully saturated rings. The fourth-order valence-electron chi connectivity index (χ4n) is 3.11. The fourth-order valence-corrected chi connectivity index (χ4v) is 3.98. The Labute approximate surface area is 173 Å². The third kappa shape index (κ3) is 4.16. The molecular formula is C22H19ClN2O2S. The second kappa shape index (κ2) is 8.25. The SMILES string of the molecule is Cc1ccc(C2=NN(C(=O)CSc3ccc(Cl)cc3)[C@@H](c3ccco3)C2)cc1. The van der Waals surface area contributed by atoms with Crippen molar-refractivity contribution in [1.82, 2.24) is 5.01 Å². The van der Waals surface area contributed by atoms with Gasteiger partial charge in [-0.15, -0.1) is 11.8 Å². The predicted molar refractivity (Wildman–Crippen MR) is 113 cm³/mol. The predicted octanol–water partition coefficient (Wildman–Crippen LogP) is 5.71. The number of hydrazone groups is 1. The zero-order valence-corrected chi connectivity index (χ0v) is 16.9. The highest BCUT2D eigenvalue weighted by molar-refractivity contribution is 8.00. The van der Waals surface area contributed by atoms with Crippen LogP contribution in [0.4, 0.5) is 0 Å². The number of hydrogen-bond donors (Lipinski definition) is 0. The van der Waals surface area contributed by atoms with E-state index >= 15 is 0 Å². The lowest BCUT2D eigenvalue weighted by molar-refractivity contribution is -0.130. The minimum Gasteiger partial charge on any atom is -0.467 e. The molecule has 0 saturated heterocycles. The van der Waals surface area contributed by atoms with Crippen LogP contribution in [-0.2, 0) is 4.79 Å². The van der Waals surface area contributed by atoms with Gasteiger partial charge in [-0.25, -0.2) is 5.01 Å². The Morgan fingerprint density at radius 3 is 2.61 bits per heavy atom. The Bertz CT molecular complexity index is 982. The van der Waals surface area contributed by atoms with Crippen LogP contribution in [-0.4, -0.2) is 22.4 Å². The van der Waals surface area contributed by atoms with Gasteiger partial charge >= 0.3 is 0 Å². The van der Waals surface area contributed by atoms with E-state index in [0.29, 0.717) is 17.2 Å². The summed E-state index contributed by atoms with van der Waals surface area (Å²) in [6.45, 7) is 2.05. The summed E-state index contributed by atoms with van der Waals surface area (Å²) in [5, 5.41) is 6.91. The maximum absolute atomic E-state index is 13.0. The summed E-state index contributed by atoms with van der Waals surface area (Å²) in [5.74, 6) is 0.989. The summed E-state index contributed by atoms with van der Waals surface area (Å²) >= 11 is 7.40. The first kappa shape index (κ1) is 18.8. The number of benzene rings is 2. The molecule has 0 spiro atoms. The molecular weight excluding hydrogens is 392 g/mol. The Morgan fingerprint density at radius 2 is 1.93 bits per heavy atom. The van der Waals surface area contributed by atoms with E-state index < -0.39 is 0 Å². The Morgan fingerprint density at radius 1 is 1.18 bits per heavy atom. The number of furan rings is 1. The number of aryl methyl sites for hydroxylation is 1. The van der Waals surface area contributed by atoms with Gasteiger partial charge in [0.15, 0.2) is 0 Å². The molecule has 0 N–H and O–H groups in total. The summed E-state index contributed by atoms with van der Waals surface area (Å²) in [7, 11) is 0. The van der Waals surface area contributed by atoms with Gasteiger partial charge in [-0.05, 0) is 48.9 Å². The van der Waals surface area contributed by atoms with Gasteiger partial charge in [-0.2, -0.15) is 5.10 Å². The van der Waals surface area contributed by atoms with Gasteiger partial charge in [0.2, 0.25) is 0 Å².